The highest BCUT2D eigenvalue weighted by atomic mass is 79.9. The number of carboxylic acids is 1. The van der Waals surface area contributed by atoms with Crippen molar-refractivity contribution >= 4 is 33.2 Å². The Labute approximate surface area is 95.1 Å². The van der Waals surface area contributed by atoms with Crippen LogP contribution in [0.2, 0.25) is 0 Å². The maximum Gasteiger partial charge on any atom is 0.308 e. The van der Waals surface area contributed by atoms with Crippen molar-refractivity contribution in [1.29, 1.82) is 0 Å². The molecule has 2 nitrogen and oxygen atoms in total. The molecule has 1 heterocycles. The highest BCUT2D eigenvalue weighted by Crippen LogP contribution is 2.44. The molecule has 1 aliphatic carbocycles. The smallest absolute Gasteiger partial charge is 0.308 e. The monoisotopic (exact) mass is 274 g/mol. The summed E-state index contributed by atoms with van der Waals surface area (Å²) in [6, 6.07) is 1.95. The average molecular weight is 275 g/mol. The molecule has 1 aromatic rings. The van der Waals surface area contributed by atoms with Crippen LogP contribution in [0.1, 0.15) is 34.9 Å². The summed E-state index contributed by atoms with van der Waals surface area (Å²) in [7, 11) is 0. The van der Waals surface area contributed by atoms with Crippen LogP contribution in [0.15, 0.2) is 10.5 Å². The number of rotatable bonds is 3. The molecular weight excluding hydrogens is 264 g/mol. The number of hydrogen-bond donors (Lipinski definition) is 1. The molecule has 0 amide bonds. The van der Waals surface area contributed by atoms with Gasteiger partial charge in [-0.25, -0.2) is 0 Å². The van der Waals surface area contributed by atoms with Gasteiger partial charge < -0.3 is 5.11 Å². The first-order valence-corrected chi connectivity index (χ1v) is 6.27. The second-order valence-corrected chi connectivity index (χ2v) is 5.65. The summed E-state index contributed by atoms with van der Waals surface area (Å²) in [5.74, 6) is -0.0733. The number of aliphatic carboxylic acids is 1. The minimum Gasteiger partial charge on any atom is -0.481 e. The Morgan fingerprint density at radius 3 is 2.86 bits per heavy atom. The fourth-order valence-corrected chi connectivity index (χ4v) is 3.82. The van der Waals surface area contributed by atoms with Crippen molar-refractivity contribution < 1.29 is 9.90 Å². The summed E-state index contributed by atoms with van der Waals surface area (Å²) >= 11 is 5.14. The Hall–Kier alpha value is -0.350. The molecule has 0 unspecified atom stereocenters. The molecule has 1 N–H and O–H groups in total. The summed E-state index contributed by atoms with van der Waals surface area (Å²) in [4.78, 5) is 12.8. The summed E-state index contributed by atoms with van der Waals surface area (Å²) < 4.78 is 1.10. The van der Waals surface area contributed by atoms with Gasteiger partial charge in [0.2, 0.25) is 0 Å². The van der Waals surface area contributed by atoms with Gasteiger partial charge in [0.05, 0.1) is 6.42 Å². The van der Waals surface area contributed by atoms with E-state index in [1.165, 1.54) is 24.1 Å². The lowest BCUT2D eigenvalue weighted by Crippen LogP contribution is -2.07. The Bertz CT molecular complexity index is 355. The maximum absolute atomic E-state index is 10.5. The lowest BCUT2D eigenvalue weighted by molar-refractivity contribution is -0.136. The standard InChI is InChI=1S/C10H11BrO2S/c11-8-4-7(5-9(12)13)14-10(8)6-2-1-3-6/h4,6H,1-3,5H2,(H,12,13). The predicted molar refractivity (Wildman–Crippen MR) is 60.0 cm³/mol. The van der Waals surface area contributed by atoms with E-state index >= 15 is 0 Å². The van der Waals surface area contributed by atoms with Crippen molar-refractivity contribution in [2.45, 2.75) is 31.6 Å². The number of hydrogen-bond acceptors (Lipinski definition) is 2. The number of carbonyl (C=O) groups is 1. The highest BCUT2D eigenvalue weighted by molar-refractivity contribution is 9.10. The third-order valence-electron chi connectivity index (χ3n) is 2.57. The molecule has 1 aliphatic rings. The highest BCUT2D eigenvalue weighted by Gasteiger charge is 2.24. The van der Waals surface area contributed by atoms with Crippen molar-refractivity contribution in [2.75, 3.05) is 0 Å². The van der Waals surface area contributed by atoms with Crippen LogP contribution in [-0.4, -0.2) is 11.1 Å². The lowest BCUT2D eigenvalue weighted by Gasteiger charge is -2.24. The Balaban J connectivity index is 2.16. The van der Waals surface area contributed by atoms with Crippen molar-refractivity contribution in [3.63, 3.8) is 0 Å². The minimum absolute atomic E-state index is 0.149. The molecule has 0 radical (unpaired) electrons. The lowest BCUT2D eigenvalue weighted by atomic mass is 9.84. The van der Waals surface area contributed by atoms with E-state index in [0.29, 0.717) is 5.92 Å². The van der Waals surface area contributed by atoms with Crippen molar-refractivity contribution in [2.24, 2.45) is 0 Å². The van der Waals surface area contributed by atoms with Gasteiger partial charge in [-0.1, -0.05) is 6.42 Å². The topological polar surface area (TPSA) is 37.3 Å². The molecule has 0 spiro atoms. The summed E-state index contributed by atoms with van der Waals surface area (Å²) in [6.45, 7) is 0. The van der Waals surface area contributed by atoms with E-state index in [-0.39, 0.29) is 6.42 Å². The second kappa shape index (κ2) is 4.03. The molecule has 0 bridgehead atoms. The Morgan fingerprint density at radius 1 is 1.64 bits per heavy atom. The minimum atomic E-state index is -0.751. The molecule has 4 heteroatoms. The molecule has 0 saturated heterocycles. The number of halogens is 1. The molecular formula is C10H11BrO2S. The molecule has 2 rings (SSSR count). The fourth-order valence-electron chi connectivity index (χ4n) is 1.62. The van der Waals surface area contributed by atoms with Gasteiger partial charge in [0.15, 0.2) is 0 Å². The van der Waals surface area contributed by atoms with Crippen LogP contribution in [0.25, 0.3) is 0 Å². The average Bonchev–Trinajstić information content (AvgIpc) is 2.27. The van der Waals surface area contributed by atoms with E-state index in [0.717, 1.165) is 9.35 Å². The Kier molecular flexibility index (Phi) is 2.93. The van der Waals surface area contributed by atoms with Crippen LogP contribution in [0.4, 0.5) is 0 Å². The first-order valence-electron chi connectivity index (χ1n) is 4.66. The molecule has 0 aliphatic heterocycles. The molecule has 1 fully saturated rings. The largest absolute Gasteiger partial charge is 0.481 e. The third kappa shape index (κ3) is 2.01. The van der Waals surface area contributed by atoms with Crippen LogP contribution in [0.3, 0.4) is 0 Å². The van der Waals surface area contributed by atoms with E-state index in [1.807, 2.05) is 6.07 Å². The van der Waals surface area contributed by atoms with E-state index in [2.05, 4.69) is 15.9 Å². The van der Waals surface area contributed by atoms with Gasteiger partial charge in [-0.15, -0.1) is 11.3 Å². The van der Waals surface area contributed by atoms with Crippen molar-refractivity contribution in [3.8, 4) is 0 Å². The summed E-state index contributed by atoms with van der Waals surface area (Å²) in [6.07, 6.45) is 3.97. The zero-order chi connectivity index (χ0) is 10.1. The van der Waals surface area contributed by atoms with Gasteiger partial charge in [-0.2, -0.15) is 0 Å². The molecule has 1 saturated carbocycles. The molecule has 0 atom stereocenters. The summed E-state index contributed by atoms with van der Waals surface area (Å²) in [5, 5.41) is 8.67. The van der Waals surface area contributed by atoms with E-state index in [1.54, 1.807) is 11.3 Å². The molecule has 1 aromatic heterocycles. The van der Waals surface area contributed by atoms with E-state index < -0.39 is 5.97 Å². The van der Waals surface area contributed by atoms with Gasteiger partial charge in [0, 0.05) is 14.2 Å². The molecule has 76 valence electrons. The van der Waals surface area contributed by atoms with Gasteiger partial charge in [0.1, 0.15) is 0 Å². The summed E-state index contributed by atoms with van der Waals surface area (Å²) in [5.41, 5.74) is 0. The molecule has 0 aromatic carbocycles. The van der Waals surface area contributed by atoms with Gasteiger partial charge >= 0.3 is 5.97 Å². The van der Waals surface area contributed by atoms with Crippen LogP contribution in [0.5, 0.6) is 0 Å². The van der Waals surface area contributed by atoms with Crippen molar-refractivity contribution in [1.82, 2.24) is 0 Å². The molecule has 14 heavy (non-hydrogen) atoms. The van der Waals surface area contributed by atoms with E-state index in [9.17, 15) is 4.79 Å². The third-order valence-corrected chi connectivity index (χ3v) is 4.78. The SMILES string of the molecule is O=C(O)Cc1cc(Br)c(C2CCC2)s1. The zero-order valence-corrected chi connectivity index (χ0v) is 10.0. The zero-order valence-electron chi connectivity index (χ0n) is 7.62. The van der Waals surface area contributed by atoms with Crippen LogP contribution < -0.4 is 0 Å². The number of carboxylic acid groups (broad SMARTS) is 1. The quantitative estimate of drug-likeness (QED) is 0.917. The first-order chi connectivity index (χ1) is 6.66. The van der Waals surface area contributed by atoms with Gasteiger partial charge in [-0.3, -0.25) is 4.79 Å². The van der Waals surface area contributed by atoms with Crippen LogP contribution in [0, 0.1) is 0 Å². The number of thiophene rings is 1. The fraction of sp³-hybridized carbons (Fsp3) is 0.500. The van der Waals surface area contributed by atoms with Gasteiger partial charge in [0.25, 0.3) is 0 Å². The van der Waals surface area contributed by atoms with Crippen LogP contribution >= 0.6 is 27.3 Å². The van der Waals surface area contributed by atoms with Crippen LogP contribution in [-0.2, 0) is 11.2 Å². The first kappa shape index (κ1) is 10.2. The predicted octanol–water partition coefficient (Wildman–Crippen LogP) is 3.41. The normalized spacial score (nSPS) is 16.6. The maximum atomic E-state index is 10.5. The van der Waals surface area contributed by atoms with E-state index in [4.69, 9.17) is 5.11 Å². The Morgan fingerprint density at radius 2 is 2.36 bits per heavy atom. The van der Waals surface area contributed by atoms with Crippen molar-refractivity contribution in [3.05, 3.63) is 20.3 Å². The van der Waals surface area contributed by atoms with Gasteiger partial charge in [-0.05, 0) is 40.8 Å². The second-order valence-electron chi connectivity index (χ2n) is 3.62.